The molecule has 3 aliphatic rings. The molecule has 2 N–H and O–H groups in total. The van der Waals surface area contributed by atoms with E-state index >= 15 is 0 Å². The van der Waals surface area contributed by atoms with E-state index in [0.717, 1.165) is 62.2 Å². The molecule has 6 rings (SSSR count). The Hall–Kier alpha value is -2.94. The van der Waals surface area contributed by atoms with Crippen LogP contribution in [0.3, 0.4) is 0 Å². The van der Waals surface area contributed by atoms with Crippen LogP contribution in [0.5, 0.6) is 0 Å². The summed E-state index contributed by atoms with van der Waals surface area (Å²) in [5.41, 5.74) is 3.99. The molecule has 0 atom stereocenters. The lowest BCUT2D eigenvalue weighted by molar-refractivity contribution is 0.122. The number of morpholine rings is 1. The highest BCUT2D eigenvalue weighted by atomic mass is 35.5. The molecule has 9 heteroatoms. The number of rotatable bonds is 6. The van der Waals surface area contributed by atoms with Crippen LogP contribution < -0.4 is 20.4 Å². The van der Waals surface area contributed by atoms with Gasteiger partial charge in [0.05, 0.1) is 13.2 Å². The molecule has 3 heterocycles. The molecule has 2 aliphatic heterocycles. The second kappa shape index (κ2) is 11.0. The molecule has 2 fully saturated rings. The molecule has 1 saturated heterocycles. The van der Waals surface area contributed by atoms with E-state index in [1.807, 2.05) is 12.1 Å². The number of benzene rings is 2. The minimum atomic E-state index is 0.0274. The van der Waals surface area contributed by atoms with Gasteiger partial charge < -0.3 is 25.2 Å². The smallest absolute Gasteiger partial charge is 0.232 e. The number of halogens is 1. The van der Waals surface area contributed by atoms with Crippen molar-refractivity contribution in [1.29, 1.82) is 0 Å². The van der Waals surface area contributed by atoms with Crippen LogP contribution in [-0.4, -0.2) is 47.9 Å². The van der Waals surface area contributed by atoms with Crippen molar-refractivity contribution in [3.8, 4) is 0 Å². The van der Waals surface area contributed by atoms with Crippen molar-refractivity contribution >= 4 is 46.5 Å². The molecule has 1 saturated carbocycles. The quantitative estimate of drug-likeness (QED) is 0.403. The Morgan fingerprint density at radius 1 is 0.921 bits per heavy atom. The largest absolute Gasteiger partial charge is 0.378 e. The highest BCUT2D eigenvalue weighted by Crippen LogP contribution is 2.41. The van der Waals surface area contributed by atoms with Crippen LogP contribution in [0.2, 0.25) is 5.02 Å². The van der Waals surface area contributed by atoms with E-state index in [4.69, 9.17) is 38.5 Å². The molecule has 3 aromatic rings. The Morgan fingerprint density at radius 2 is 1.61 bits per heavy atom. The molecule has 7 nitrogen and oxygen atoms in total. The van der Waals surface area contributed by atoms with E-state index in [2.05, 4.69) is 62.9 Å². The standard InChI is InChI=1S/C29H33ClN6OS/c30-24-9-5-8-23(16-24)29(10-3-4-11-29)20-31-28(38)34-27-32-25(35-12-14-37-15-13-35)17-26(33-27)36-18-21-6-1-2-7-22(21)19-36/h1-2,5-9,16-17H,3-4,10-15,18-20H2,(H2,31,32,33,34,38). The Morgan fingerprint density at radius 3 is 2.29 bits per heavy atom. The minimum absolute atomic E-state index is 0.0274. The summed E-state index contributed by atoms with van der Waals surface area (Å²) in [7, 11) is 0. The maximum atomic E-state index is 6.34. The van der Waals surface area contributed by atoms with Crippen molar-refractivity contribution in [3.05, 3.63) is 76.3 Å². The molecule has 0 spiro atoms. The fourth-order valence-electron chi connectivity index (χ4n) is 5.92. The van der Waals surface area contributed by atoms with Crippen LogP contribution in [0.1, 0.15) is 42.4 Å². The average molecular weight is 549 g/mol. The highest BCUT2D eigenvalue weighted by Gasteiger charge is 2.36. The van der Waals surface area contributed by atoms with Crippen molar-refractivity contribution in [2.45, 2.75) is 44.2 Å². The summed E-state index contributed by atoms with van der Waals surface area (Å²) in [6.07, 6.45) is 4.65. The van der Waals surface area contributed by atoms with E-state index < -0.39 is 0 Å². The maximum Gasteiger partial charge on any atom is 0.232 e. The molecule has 2 aromatic carbocycles. The predicted octanol–water partition coefficient (Wildman–Crippen LogP) is 5.29. The summed E-state index contributed by atoms with van der Waals surface area (Å²) in [6.45, 7) is 5.42. The van der Waals surface area contributed by atoms with Gasteiger partial charge in [-0.15, -0.1) is 0 Å². The zero-order valence-corrected chi connectivity index (χ0v) is 23.0. The average Bonchev–Trinajstić information content (AvgIpc) is 3.61. The first-order valence-electron chi connectivity index (χ1n) is 13.4. The molecule has 0 radical (unpaired) electrons. The second-order valence-electron chi connectivity index (χ2n) is 10.4. The summed E-state index contributed by atoms with van der Waals surface area (Å²) < 4.78 is 5.57. The monoisotopic (exact) mass is 548 g/mol. The second-order valence-corrected chi connectivity index (χ2v) is 11.3. The number of fused-ring (bicyclic) bond motifs is 1. The van der Waals surface area contributed by atoms with Crippen molar-refractivity contribution in [1.82, 2.24) is 15.3 Å². The zero-order valence-electron chi connectivity index (χ0n) is 21.5. The zero-order chi connectivity index (χ0) is 26.0. The third-order valence-electron chi connectivity index (χ3n) is 8.01. The predicted molar refractivity (Wildman–Crippen MR) is 157 cm³/mol. The number of ether oxygens (including phenoxy) is 1. The van der Waals surface area contributed by atoms with E-state index in [1.54, 1.807) is 0 Å². The first kappa shape index (κ1) is 25.3. The first-order chi connectivity index (χ1) is 18.6. The van der Waals surface area contributed by atoms with Gasteiger partial charge in [-0.3, -0.25) is 0 Å². The third kappa shape index (κ3) is 5.44. The number of hydrogen-bond acceptors (Lipinski definition) is 6. The van der Waals surface area contributed by atoms with Gasteiger partial charge in [0.15, 0.2) is 5.11 Å². The lowest BCUT2D eigenvalue weighted by Gasteiger charge is -2.31. The first-order valence-corrected chi connectivity index (χ1v) is 14.2. The van der Waals surface area contributed by atoms with E-state index in [-0.39, 0.29) is 5.41 Å². The Balaban J connectivity index is 1.20. The molecular weight excluding hydrogens is 516 g/mol. The SMILES string of the molecule is S=C(NCC1(c2cccc(Cl)c2)CCCC1)Nc1nc(N2CCOCC2)cc(N2Cc3ccccc3C2)n1. The van der Waals surface area contributed by atoms with Gasteiger partial charge in [0.25, 0.3) is 0 Å². The summed E-state index contributed by atoms with van der Waals surface area (Å²) in [4.78, 5) is 14.3. The summed E-state index contributed by atoms with van der Waals surface area (Å²) >= 11 is 12.1. The van der Waals surface area contributed by atoms with Crippen LogP contribution in [-0.2, 0) is 23.2 Å². The van der Waals surface area contributed by atoms with Crippen molar-refractivity contribution < 1.29 is 4.74 Å². The van der Waals surface area contributed by atoms with Crippen LogP contribution in [0, 0.1) is 0 Å². The molecule has 0 bridgehead atoms. The number of nitrogens with zero attached hydrogens (tertiary/aromatic N) is 4. The summed E-state index contributed by atoms with van der Waals surface area (Å²) in [6, 6.07) is 18.9. The topological polar surface area (TPSA) is 65.6 Å². The molecular formula is C29H33ClN6OS. The van der Waals surface area contributed by atoms with Gasteiger partial charge >= 0.3 is 0 Å². The van der Waals surface area contributed by atoms with Crippen LogP contribution in [0.4, 0.5) is 17.6 Å². The lowest BCUT2D eigenvalue weighted by Crippen LogP contribution is -2.41. The molecule has 0 unspecified atom stereocenters. The van der Waals surface area contributed by atoms with Gasteiger partial charge in [0.1, 0.15) is 11.6 Å². The summed E-state index contributed by atoms with van der Waals surface area (Å²) in [5.74, 6) is 2.31. The van der Waals surface area contributed by atoms with Gasteiger partial charge in [-0.25, -0.2) is 0 Å². The molecule has 1 aromatic heterocycles. The van der Waals surface area contributed by atoms with Crippen molar-refractivity contribution in [2.75, 3.05) is 48.0 Å². The Labute approximate surface area is 234 Å². The third-order valence-corrected chi connectivity index (χ3v) is 8.49. The fourth-order valence-corrected chi connectivity index (χ4v) is 6.28. The van der Waals surface area contributed by atoms with E-state index in [9.17, 15) is 0 Å². The normalized spacial score (nSPS) is 18.3. The molecule has 1 aliphatic carbocycles. The number of aromatic nitrogens is 2. The Bertz CT molecular complexity index is 1280. The van der Waals surface area contributed by atoms with E-state index in [1.165, 1.54) is 29.5 Å². The lowest BCUT2D eigenvalue weighted by atomic mass is 9.79. The molecule has 38 heavy (non-hydrogen) atoms. The molecule has 0 amide bonds. The fraction of sp³-hybridized carbons (Fsp3) is 0.414. The summed E-state index contributed by atoms with van der Waals surface area (Å²) in [5, 5.41) is 8.09. The highest BCUT2D eigenvalue weighted by molar-refractivity contribution is 7.80. The van der Waals surface area contributed by atoms with Gasteiger partial charge in [0, 0.05) is 49.2 Å². The van der Waals surface area contributed by atoms with Gasteiger partial charge in [0.2, 0.25) is 5.95 Å². The number of anilines is 3. The van der Waals surface area contributed by atoms with Crippen LogP contribution in [0.25, 0.3) is 0 Å². The maximum absolute atomic E-state index is 6.34. The number of nitrogens with one attached hydrogen (secondary N) is 2. The van der Waals surface area contributed by atoms with Crippen LogP contribution >= 0.6 is 23.8 Å². The number of hydrogen-bond donors (Lipinski definition) is 2. The van der Waals surface area contributed by atoms with Gasteiger partial charge in [-0.05, 0) is 53.9 Å². The van der Waals surface area contributed by atoms with Crippen LogP contribution in [0.15, 0.2) is 54.6 Å². The Kier molecular flexibility index (Phi) is 7.37. The van der Waals surface area contributed by atoms with Crippen molar-refractivity contribution in [2.24, 2.45) is 0 Å². The molecule has 198 valence electrons. The minimum Gasteiger partial charge on any atom is -0.378 e. The van der Waals surface area contributed by atoms with Gasteiger partial charge in [-0.1, -0.05) is 60.8 Å². The van der Waals surface area contributed by atoms with E-state index in [0.29, 0.717) is 24.3 Å². The number of thiocarbonyl (C=S) groups is 1. The van der Waals surface area contributed by atoms with Gasteiger partial charge in [-0.2, -0.15) is 9.97 Å². The van der Waals surface area contributed by atoms with Crippen molar-refractivity contribution in [3.63, 3.8) is 0 Å².